The second kappa shape index (κ2) is 6.40. The Kier molecular flexibility index (Phi) is 4.57. The minimum Gasteiger partial charge on any atom is -0.508 e. The van der Waals surface area contributed by atoms with E-state index in [0.717, 1.165) is 11.7 Å². The highest BCUT2D eigenvalue weighted by Crippen LogP contribution is 2.34. The number of aromatic hydroxyl groups is 1. The van der Waals surface area contributed by atoms with E-state index in [9.17, 15) is 5.11 Å². The molecule has 1 fully saturated rings. The lowest BCUT2D eigenvalue weighted by Gasteiger charge is -2.34. The first-order valence-corrected chi connectivity index (χ1v) is 9.15. The number of fused-ring (bicyclic) bond motifs is 1. The molecule has 2 N–H and O–H groups in total. The third-order valence-corrected chi connectivity index (χ3v) is 5.93. The van der Waals surface area contributed by atoms with Crippen LogP contribution in [0.25, 0.3) is 0 Å². The van der Waals surface area contributed by atoms with E-state index in [-0.39, 0.29) is 0 Å². The van der Waals surface area contributed by atoms with Crippen molar-refractivity contribution >= 4 is 11.8 Å². The van der Waals surface area contributed by atoms with E-state index in [1.54, 1.807) is 0 Å². The van der Waals surface area contributed by atoms with Gasteiger partial charge in [-0.1, -0.05) is 12.5 Å². The summed E-state index contributed by atoms with van der Waals surface area (Å²) in [5.74, 6) is 0.407. The number of phenolic OH excluding ortho intramolecular Hbond substituents is 1. The molecular formula is C17H25NOS. The lowest BCUT2D eigenvalue weighted by Crippen LogP contribution is -2.38. The predicted octanol–water partition coefficient (Wildman–Crippen LogP) is 4.03. The highest BCUT2D eigenvalue weighted by Gasteiger charge is 2.26. The van der Waals surface area contributed by atoms with Crippen LogP contribution in [-0.4, -0.2) is 22.7 Å². The Bertz CT molecular complexity index is 462. The Morgan fingerprint density at radius 2 is 2.10 bits per heavy atom. The third-order valence-electron chi connectivity index (χ3n) is 4.84. The van der Waals surface area contributed by atoms with Gasteiger partial charge in [0.05, 0.1) is 0 Å². The van der Waals surface area contributed by atoms with E-state index in [1.807, 2.05) is 23.9 Å². The third kappa shape index (κ3) is 3.15. The molecule has 0 bridgehead atoms. The maximum atomic E-state index is 9.64. The van der Waals surface area contributed by atoms with Gasteiger partial charge in [-0.2, -0.15) is 11.8 Å². The van der Waals surface area contributed by atoms with Gasteiger partial charge in [-0.05, 0) is 68.0 Å². The molecular weight excluding hydrogens is 266 g/mol. The van der Waals surface area contributed by atoms with Crippen LogP contribution in [0.4, 0.5) is 0 Å². The van der Waals surface area contributed by atoms with Crippen LogP contribution in [0.5, 0.6) is 5.75 Å². The minimum absolute atomic E-state index is 0.407. The van der Waals surface area contributed by atoms with Crippen LogP contribution in [0, 0.1) is 0 Å². The van der Waals surface area contributed by atoms with E-state index in [0.29, 0.717) is 17.8 Å². The SMILES string of the molecule is CSC1CCCC(NC2CCCc3cc(O)ccc32)C1. The van der Waals surface area contributed by atoms with E-state index in [1.165, 1.54) is 49.7 Å². The summed E-state index contributed by atoms with van der Waals surface area (Å²) in [6.45, 7) is 0. The molecule has 110 valence electrons. The largest absolute Gasteiger partial charge is 0.508 e. The molecule has 3 rings (SSSR count). The summed E-state index contributed by atoms with van der Waals surface area (Å²) < 4.78 is 0. The summed E-state index contributed by atoms with van der Waals surface area (Å²) in [7, 11) is 0. The molecule has 0 heterocycles. The number of hydrogen-bond acceptors (Lipinski definition) is 3. The maximum Gasteiger partial charge on any atom is 0.115 e. The number of aryl methyl sites for hydroxylation is 1. The van der Waals surface area contributed by atoms with Crippen molar-refractivity contribution in [2.45, 2.75) is 62.3 Å². The fraction of sp³-hybridized carbons (Fsp3) is 0.647. The second-order valence-electron chi connectivity index (χ2n) is 6.22. The zero-order chi connectivity index (χ0) is 13.9. The van der Waals surface area contributed by atoms with Gasteiger partial charge in [0.1, 0.15) is 5.75 Å². The van der Waals surface area contributed by atoms with Gasteiger partial charge in [0.15, 0.2) is 0 Å². The van der Waals surface area contributed by atoms with Gasteiger partial charge < -0.3 is 10.4 Å². The summed E-state index contributed by atoms with van der Waals surface area (Å²) in [4.78, 5) is 0. The molecule has 2 nitrogen and oxygen atoms in total. The van der Waals surface area contributed by atoms with Gasteiger partial charge in [-0.25, -0.2) is 0 Å². The van der Waals surface area contributed by atoms with Crippen LogP contribution in [0.2, 0.25) is 0 Å². The molecule has 0 radical (unpaired) electrons. The van der Waals surface area contributed by atoms with Crippen LogP contribution >= 0.6 is 11.8 Å². The van der Waals surface area contributed by atoms with Gasteiger partial charge in [0.25, 0.3) is 0 Å². The molecule has 3 unspecified atom stereocenters. The lowest BCUT2D eigenvalue weighted by atomic mass is 9.86. The van der Waals surface area contributed by atoms with Crippen molar-refractivity contribution in [1.29, 1.82) is 0 Å². The van der Waals surface area contributed by atoms with E-state index < -0.39 is 0 Å². The van der Waals surface area contributed by atoms with Gasteiger partial charge in [0, 0.05) is 17.3 Å². The van der Waals surface area contributed by atoms with Crippen molar-refractivity contribution < 1.29 is 5.11 Å². The minimum atomic E-state index is 0.407. The molecule has 1 aromatic rings. The zero-order valence-corrected chi connectivity index (χ0v) is 13.1. The highest BCUT2D eigenvalue weighted by atomic mass is 32.2. The first kappa shape index (κ1) is 14.3. The van der Waals surface area contributed by atoms with Crippen LogP contribution in [-0.2, 0) is 6.42 Å². The smallest absolute Gasteiger partial charge is 0.115 e. The van der Waals surface area contributed by atoms with Crippen LogP contribution < -0.4 is 5.32 Å². The van der Waals surface area contributed by atoms with Crippen molar-refractivity contribution in [3.8, 4) is 5.75 Å². The molecule has 0 aliphatic heterocycles. The molecule has 0 spiro atoms. The number of rotatable bonds is 3. The molecule has 2 aliphatic rings. The Morgan fingerprint density at radius 1 is 1.20 bits per heavy atom. The first-order chi connectivity index (χ1) is 9.76. The van der Waals surface area contributed by atoms with E-state index >= 15 is 0 Å². The average molecular weight is 291 g/mol. The Morgan fingerprint density at radius 3 is 2.95 bits per heavy atom. The summed E-state index contributed by atoms with van der Waals surface area (Å²) in [5.41, 5.74) is 2.76. The fourth-order valence-electron chi connectivity index (χ4n) is 3.77. The predicted molar refractivity (Wildman–Crippen MR) is 86.5 cm³/mol. The number of nitrogens with one attached hydrogen (secondary N) is 1. The van der Waals surface area contributed by atoms with Crippen molar-refractivity contribution in [3.63, 3.8) is 0 Å². The number of hydrogen-bond donors (Lipinski definition) is 2. The van der Waals surface area contributed by atoms with E-state index in [4.69, 9.17) is 0 Å². The molecule has 1 aromatic carbocycles. The standard InChI is InChI=1S/C17H25NOS/c1-20-15-6-3-5-13(11-15)18-17-7-2-4-12-10-14(19)8-9-16(12)17/h8-10,13,15,17-19H,2-7,11H2,1H3. The topological polar surface area (TPSA) is 32.3 Å². The maximum absolute atomic E-state index is 9.64. The van der Waals surface area contributed by atoms with Crippen molar-refractivity contribution in [3.05, 3.63) is 29.3 Å². The Labute approximate surface area is 126 Å². The fourth-order valence-corrected chi connectivity index (χ4v) is 4.60. The molecule has 3 atom stereocenters. The molecule has 0 aromatic heterocycles. The molecule has 20 heavy (non-hydrogen) atoms. The normalized spacial score (nSPS) is 29.9. The monoisotopic (exact) mass is 291 g/mol. The van der Waals surface area contributed by atoms with Crippen molar-refractivity contribution in [1.82, 2.24) is 5.32 Å². The summed E-state index contributed by atoms with van der Waals surface area (Å²) in [5, 5.41) is 14.4. The average Bonchev–Trinajstić information content (AvgIpc) is 2.47. The second-order valence-corrected chi connectivity index (χ2v) is 7.35. The number of phenols is 1. The van der Waals surface area contributed by atoms with Crippen LogP contribution in [0.15, 0.2) is 18.2 Å². The van der Waals surface area contributed by atoms with Gasteiger partial charge in [-0.3, -0.25) is 0 Å². The van der Waals surface area contributed by atoms with Gasteiger partial charge >= 0.3 is 0 Å². The Balaban J connectivity index is 1.70. The lowest BCUT2D eigenvalue weighted by molar-refractivity contribution is 0.325. The molecule has 3 heteroatoms. The summed E-state index contributed by atoms with van der Waals surface area (Å²) in [6.07, 6.45) is 11.2. The molecule has 0 saturated heterocycles. The molecule has 0 amide bonds. The summed E-state index contributed by atoms with van der Waals surface area (Å²) in [6, 6.07) is 7.08. The van der Waals surface area contributed by atoms with Crippen LogP contribution in [0.3, 0.4) is 0 Å². The van der Waals surface area contributed by atoms with Crippen LogP contribution in [0.1, 0.15) is 55.7 Å². The molecule has 2 aliphatic carbocycles. The highest BCUT2D eigenvalue weighted by molar-refractivity contribution is 7.99. The molecule has 1 saturated carbocycles. The van der Waals surface area contributed by atoms with Gasteiger partial charge in [-0.15, -0.1) is 0 Å². The quantitative estimate of drug-likeness (QED) is 0.882. The van der Waals surface area contributed by atoms with Crippen molar-refractivity contribution in [2.24, 2.45) is 0 Å². The van der Waals surface area contributed by atoms with E-state index in [2.05, 4.69) is 17.6 Å². The summed E-state index contributed by atoms with van der Waals surface area (Å²) >= 11 is 2.03. The first-order valence-electron chi connectivity index (χ1n) is 7.87. The van der Waals surface area contributed by atoms with Crippen molar-refractivity contribution in [2.75, 3.05) is 6.26 Å². The zero-order valence-electron chi connectivity index (χ0n) is 12.3. The number of thioether (sulfide) groups is 1. The number of benzene rings is 1. The Hall–Kier alpha value is -0.670. The van der Waals surface area contributed by atoms with Gasteiger partial charge in [0.2, 0.25) is 0 Å².